The highest BCUT2D eigenvalue weighted by atomic mass is 79.9. The Kier molecular flexibility index (Phi) is 3.84. The van der Waals surface area contributed by atoms with E-state index in [0.717, 1.165) is 4.47 Å². The molecule has 0 spiro atoms. The van der Waals surface area contributed by atoms with Crippen LogP contribution >= 0.6 is 15.9 Å². The molecule has 0 aliphatic carbocycles. The lowest BCUT2D eigenvalue weighted by atomic mass is 9.92. The molecule has 0 amide bonds. The van der Waals surface area contributed by atoms with Crippen molar-refractivity contribution < 1.29 is 14.6 Å². The number of hydrogen-bond donors (Lipinski definition) is 2. The Morgan fingerprint density at radius 2 is 2.07 bits per heavy atom. The quantitative estimate of drug-likeness (QED) is 0.798. The number of hydrogen-bond acceptors (Lipinski definition) is 4. The second kappa shape index (κ2) is 4.74. The molecule has 0 radical (unpaired) electrons. The number of rotatable bonds is 3. The van der Waals surface area contributed by atoms with Gasteiger partial charge >= 0.3 is 5.97 Å². The summed E-state index contributed by atoms with van der Waals surface area (Å²) in [6.45, 7) is -0.499. The topological polar surface area (TPSA) is 72.5 Å². The smallest absolute Gasteiger partial charge is 0.332 e. The Morgan fingerprint density at radius 1 is 1.53 bits per heavy atom. The Balaban J connectivity index is 3.11. The summed E-state index contributed by atoms with van der Waals surface area (Å²) >= 11 is 3.27. The summed E-state index contributed by atoms with van der Waals surface area (Å²) in [6.07, 6.45) is 0. The van der Waals surface area contributed by atoms with Gasteiger partial charge < -0.3 is 15.6 Å². The number of aliphatic hydroxyl groups excluding tert-OH is 1. The van der Waals surface area contributed by atoms with Crippen LogP contribution in [0.4, 0.5) is 0 Å². The normalized spacial score (nSPS) is 14.4. The molecule has 0 aromatic heterocycles. The largest absolute Gasteiger partial charge is 0.467 e. The monoisotopic (exact) mass is 273 g/mol. The maximum atomic E-state index is 11.4. The average molecular weight is 274 g/mol. The van der Waals surface area contributed by atoms with E-state index in [9.17, 15) is 9.90 Å². The first kappa shape index (κ1) is 12.2. The van der Waals surface area contributed by atoms with E-state index >= 15 is 0 Å². The second-order valence-electron chi connectivity index (χ2n) is 3.13. The predicted octanol–water partition coefficient (Wildman–Crippen LogP) is 0.768. The van der Waals surface area contributed by atoms with Gasteiger partial charge in [0.05, 0.1) is 13.7 Å². The summed E-state index contributed by atoms with van der Waals surface area (Å²) in [5, 5.41) is 9.17. The summed E-state index contributed by atoms with van der Waals surface area (Å²) in [5.41, 5.74) is 4.81. The van der Waals surface area contributed by atoms with Gasteiger partial charge in [-0.25, -0.2) is 4.79 Å². The van der Waals surface area contributed by atoms with Gasteiger partial charge in [-0.3, -0.25) is 0 Å². The summed E-state index contributed by atoms with van der Waals surface area (Å²) in [7, 11) is 1.23. The lowest BCUT2D eigenvalue weighted by Crippen LogP contribution is -2.48. The minimum atomic E-state index is -1.49. The van der Waals surface area contributed by atoms with E-state index in [4.69, 9.17) is 5.73 Å². The SMILES string of the molecule is COC(=O)C(N)(CO)c1ccc(Br)cc1. The molecular formula is C10H12BrNO3. The van der Waals surface area contributed by atoms with Crippen molar-refractivity contribution in [3.63, 3.8) is 0 Å². The number of halogens is 1. The first-order valence-electron chi connectivity index (χ1n) is 4.29. The van der Waals surface area contributed by atoms with Crippen LogP contribution in [0, 0.1) is 0 Å². The minimum Gasteiger partial charge on any atom is -0.467 e. The van der Waals surface area contributed by atoms with Gasteiger partial charge in [0, 0.05) is 4.47 Å². The zero-order valence-corrected chi connectivity index (χ0v) is 9.82. The fraction of sp³-hybridized carbons (Fsp3) is 0.300. The molecule has 1 aromatic carbocycles. The number of nitrogens with two attached hydrogens (primary N) is 1. The van der Waals surface area contributed by atoms with Gasteiger partial charge in [0.1, 0.15) is 0 Å². The van der Waals surface area contributed by atoms with Crippen molar-refractivity contribution >= 4 is 21.9 Å². The number of carbonyl (C=O) groups is 1. The van der Waals surface area contributed by atoms with Crippen molar-refractivity contribution in [2.24, 2.45) is 5.73 Å². The van der Waals surface area contributed by atoms with Gasteiger partial charge in [-0.2, -0.15) is 0 Å². The standard InChI is InChI=1S/C10H12BrNO3/c1-15-9(14)10(12,6-13)7-2-4-8(11)5-3-7/h2-5,13H,6,12H2,1H3. The third kappa shape index (κ3) is 2.37. The van der Waals surface area contributed by atoms with Crippen LogP contribution in [0.1, 0.15) is 5.56 Å². The van der Waals surface area contributed by atoms with Crippen LogP contribution in [-0.2, 0) is 15.1 Å². The maximum Gasteiger partial charge on any atom is 0.332 e. The lowest BCUT2D eigenvalue weighted by molar-refractivity contribution is -0.149. The van der Waals surface area contributed by atoms with Gasteiger partial charge in [0.15, 0.2) is 5.54 Å². The highest BCUT2D eigenvalue weighted by Crippen LogP contribution is 2.21. The van der Waals surface area contributed by atoms with Crippen LogP contribution in [-0.4, -0.2) is 24.8 Å². The molecule has 4 nitrogen and oxygen atoms in total. The maximum absolute atomic E-state index is 11.4. The van der Waals surface area contributed by atoms with Gasteiger partial charge in [-0.1, -0.05) is 28.1 Å². The molecule has 0 fully saturated rings. The van der Waals surface area contributed by atoms with E-state index in [1.165, 1.54) is 7.11 Å². The van der Waals surface area contributed by atoms with E-state index in [2.05, 4.69) is 20.7 Å². The molecule has 0 aliphatic heterocycles. The van der Waals surface area contributed by atoms with Crippen LogP contribution in [0.3, 0.4) is 0 Å². The molecule has 0 saturated heterocycles. The molecule has 1 rings (SSSR count). The Morgan fingerprint density at radius 3 is 2.47 bits per heavy atom. The van der Waals surface area contributed by atoms with E-state index in [-0.39, 0.29) is 0 Å². The van der Waals surface area contributed by atoms with Gasteiger partial charge in [0.2, 0.25) is 0 Å². The fourth-order valence-corrected chi connectivity index (χ4v) is 1.47. The highest BCUT2D eigenvalue weighted by Gasteiger charge is 2.36. The van der Waals surface area contributed by atoms with Crippen LogP contribution < -0.4 is 5.73 Å². The minimum absolute atomic E-state index is 0.499. The van der Waals surface area contributed by atoms with Crippen LogP contribution in [0.5, 0.6) is 0 Å². The summed E-state index contributed by atoms with van der Waals surface area (Å²) in [4.78, 5) is 11.4. The van der Waals surface area contributed by atoms with Crippen LogP contribution in [0.25, 0.3) is 0 Å². The number of benzene rings is 1. The van der Waals surface area contributed by atoms with Crippen LogP contribution in [0.15, 0.2) is 28.7 Å². The van der Waals surface area contributed by atoms with Gasteiger partial charge in [-0.05, 0) is 17.7 Å². The Bertz CT molecular complexity index is 352. The molecule has 82 valence electrons. The Labute approximate surface area is 96.2 Å². The van der Waals surface area contributed by atoms with Crippen molar-refractivity contribution in [1.82, 2.24) is 0 Å². The first-order chi connectivity index (χ1) is 7.04. The zero-order chi connectivity index (χ0) is 11.5. The number of carbonyl (C=O) groups excluding carboxylic acids is 1. The lowest BCUT2D eigenvalue weighted by Gasteiger charge is -2.24. The van der Waals surface area contributed by atoms with Crippen molar-refractivity contribution in [2.75, 3.05) is 13.7 Å². The van der Waals surface area contributed by atoms with Gasteiger partial charge in [-0.15, -0.1) is 0 Å². The average Bonchev–Trinajstić information content (AvgIpc) is 2.27. The van der Waals surface area contributed by atoms with Gasteiger partial charge in [0.25, 0.3) is 0 Å². The number of esters is 1. The molecular weight excluding hydrogens is 262 g/mol. The summed E-state index contributed by atoms with van der Waals surface area (Å²) in [6, 6.07) is 6.82. The second-order valence-corrected chi connectivity index (χ2v) is 4.04. The third-order valence-electron chi connectivity index (χ3n) is 2.16. The Hall–Kier alpha value is -0.910. The molecule has 3 N–H and O–H groups in total. The molecule has 0 bridgehead atoms. The predicted molar refractivity (Wildman–Crippen MR) is 59.1 cm³/mol. The third-order valence-corrected chi connectivity index (χ3v) is 2.69. The van der Waals surface area contributed by atoms with E-state index < -0.39 is 18.1 Å². The summed E-state index contributed by atoms with van der Waals surface area (Å²) in [5.74, 6) is -0.660. The molecule has 0 saturated carbocycles. The van der Waals surface area contributed by atoms with E-state index in [1.54, 1.807) is 24.3 Å². The van der Waals surface area contributed by atoms with E-state index in [0.29, 0.717) is 5.56 Å². The molecule has 0 heterocycles. The van der Waals surface area contributed by atoms with Crippen molar-refractivity contribution in [3.8, 4) is 0 Å². The van der Waals surface area contributed by atoms with E-state index in [1.807, 2.05) is 0 Å². The molecule has 1 atom stereocenters. The molecule has 1 unspecified atom stereocenters. The van der Waals surface area contributed by atoms with Crippen LogP contribution in [0.2, 0.25) is 0 Å². The number of ether oxygens (including phenoxy) is 1. The summed E-state index contributed by atoms with van der Waals surface area (Å²) < 4.78 is 5.43. The molecule has 5 heteroatoms. The molecule has 15 heavy (non-hydrogen) atoms. The molecule has 1 aromatic rings. The van der Waals surface area contributed by atoms with Crippen molar-refractivity contribution in [3.05, 3.63) is 34.3 Å². The number of methoxy groups -OCH3 is 1. The van der Waals surface area contributed by atoms with Crippen molar-refractivity contribution in [1.29, 1.82) is 0 Å². The highest BCUT2D eigenvalue weighted by molar-refractivity contribution is 9.10. The number of aliphatic hydroxyl groups is 1. The van der Waals surface area contributed by atoms with Crippen molar-refractivity contribution in [2.45, 2.75) is 5.54 Å². The molecule has 0 aliphatic rings. The first-order valence-corrected chi connectivity index (χ1v) is 5.08. The zero-order valence-electron chi connectivity index (χ0n) is 8.24. The fourth-order valence-electron chi connectivity index (χ4n) is 1.20.